The second-order valence-corrected chi connectivity index (χ2v) is 7.66. The van der Waals surface area contributed by atoms with Gasteiger partial charge in [0.15, 0.2) is 11.5 Å². The van der Waals surface area contributed by atoms with Crippen LogP contribution in [0.2, 0.25) is 0 Å². The number of rotatable bonds is 7. The SMILES string of the molecule is COc1ccc(C(Cc2cc[nH]c(=O)c2)c2ccccc2)cc1OC1CCCC1. The third kappa shape index (κ3) is 4.70. The standard InChI is InChI=1S/C25H27NO3/c1-28-23-12-11-20(17-24(23)29-21-9-5-6-10-21)22(19-7-3-2-4-8-19)15-18-13-14-26-25(27)16-18/h2-4,7-8,11-14,16-17,21-22H,5-6,9-10,15H2,1H3,(H,26,27). The summed E-state index contributed by atoms with van der Waals surface area (Å²) in [5, 5.41) is 0. The maximum absolute atomic E-state index is 11.8. The van der Waals surface area contributed by atoms with Gasteiger partial charge < -0.3 is 14.5 Å². The Bertz CT molecular complexity index is 990. The van der Waals surface area contributed by atoms with Crippen molar-refractivity contribution in [2.75, 3.05) is 7.11 Å². The van der Waals surface area contributed by atoms with Crippen LogP contribution in [0.4, 0.5) is 0 Å². The van der Waals surface area contributed by atoms with Crippen molar-refractivity contribution in [2.24, 2.45) is 0 Å². The van der Waals surface area contributed by atoms with E-state index in [-0.39, 0.29) is 17.6 Å². The lowest BCUT2D eigenvalue weighted by Gasteiger charge is -2.21. The van der Waals surface area contributed by atoms with Crippen molar-refractivity contribution in [1.29, 1.82) is 0 Å². The third-order valence-corrected chi connectivity index (χ3v) is 5.67. The van der Waals surface area contributed by atoms with Gasteiger partial charge in [-0.3, -0.25) is 4.79 Å². The minimum Gasteiger partial charge on any atom is -0.493 e. The maximum Gasteiger partial charge on any atom is 0.248 e. The van der Waals surface area contributed by atoms with E-state index in [4.69, 9.17) is 9.47 Å². The Morgan fingerprint density at radius 3 is 2.48 bits per heavy atom. The number of benzene rings is 2. The van der Waals surface area contributed by atoms with Gasteiger partial charge in [0.05, 0.1) is 13.2 Å². The van der Waals surface area contributed by atoms with Crippen LogP contribution in [0.3, 0.4) is 0 Å². The fourth-order valence-electron chi connectivity index (χ4n) is 4.15. The number of hydrogen-bond donors (Lipinski definition) is 1. The van der Waals surface area contributed by atoms with Crippen LogP contribution < -0.4 is 15.0 Å². The molecule has 1 atom stereocenters. The molecule has 3 aromatic rings. The second-order valence-electron chi connectivity index (χ2n) is 7.66. The molecular weight excluding hydrogens is 362 g/mol. The molecule has 0 spiro atoms. The maximum atomic E-state index is 11.8. The van der Waals surface area contributed by atoms with E-state index in [2.05, 4.69) is 41.4 Å². The van der Waals surface area contributed by atoms with Crippen LogP contribution in [0.1, 0.15) is 48.3 Å². The Morgan fingerprint density at radius 1 is 0.966 bits per heavy atom. The molecular formula is C25H27NO3. The number of aromatic nitrogens is 1. The Kier molecular flexibility index (Phi) is 5.99. The molecule has 0 saturated heterocycles. The van der Waals surface area contributed by atoms with E-state index < -0.39 is 0 Å². The Morgan fingerprint density at radius 2 is 1.76 bits per heavy atom. The molecule has 150 valence electrons. The van der Waals surface area contributed by atoms with Gasteiger partial charge in [0.2, 0.25) is 5.56 Å². The van der Waals surface area contributed by atoms with Crippen LogP contribution in [-0.2, 0) is 6.42 Å². The first-order valence-electron chi connectivity index (χ1n) is 10.3. The molecule has 1 saturated carbocycles. The van der Waals surface area contributed by atoms with Crippen LogP contribution in [0.5, 0.6) is 11.5 Å². The molecule has 1 heterocycles. The van der Waals surface area contributed by atoms with Gasteiger partial charge in [-0.2, -0.15) is 0 Å². The van der Waals surface area contributed by atoms with Gasteiger partial charge in [0.1, 0.15) is 0 Å². The van der Waals surface area contributed by atoms with Gasteiger partial charge in [0, 0.05) is 18.2 Å². The Balaban J connectivity index is 1.70. The van der Waals surface area contributed by atoms with Crippen LogP contribution in [0, 0.1) is 0 Å². The highest BCUT2D eigenvalue weighted by molar-refractivity contribution is 5.47. The highest BCUT2D eigenvalue weighted by Crippen LogP contribution is 2.37. The first-order chi connectivity index (χ1) is 14.2. The smallest absolute Gasteiger partial charge is 0.248 e. The zero-order chi connectivity index (χ0) is 20.1. The van der Waals surface area contributed by atoms with E-state index in [1.54, 1.807) is 19.4 Å². The minimum atomic E-state index is -0.0747. The highest BCUT2D eigenvalue weighted by Gasteiger charge is 2.21. The van der Waals surface area contributed by atoms with Crippen LogP contribution in [0.15, 0.2) is 71.7 Å². The first-order valence-corrected chi connectivity index (χ1v) is 10.3. The van der Waals surface area contributed by atoms with E-state index >= 15 is 0 Å². The monoisotopic (exact) mass is 389 g/mol. The molecule has 1 fully saturated rings. The predicted molar refractivity (Wildman–Crippen MR) is 115 cm³/mol. The van der Waals surface area contributed by atoms with Crippen molar-refractivity contribution in [3.63, 3.8) is 0 Å². The van der Waals surface area contributed by atoms with Crippen molar-refractivity contribution >= 4 is 0 Å². The van der Waals surface area contributed by atoms with Crippen LogP contribution in [-0.4, -0.2) is 18.2 Å². The third-order valence-electron chi connectivity index (χ3n) is 5.67. The fourth-order valence-corrected chi connectivity index (χ4v) is 4.15. The lowest BCUT2D eigenvalue weighted by molar-refractivity contribution is 0.200. The number of hydrogen-bond acceptors (Lipinski definition) is 3. The molecule has 4 nitrogen and oxygen atoms in total. The molecule has 1 N–H and O–H groups in total. The topological polar surface area (TPSA) is 51.3 Å². The second kappa shape index (κ2) is 8.99. The highest BCUT2D eigenvalue weighted by atomic mass is 16.5. The summed E-state index contributed by atoms with van der Waals surface area (Å²) < 4.78 is 11.9. The number of methoxy groups -OCH3 is 1. The van der Waals surface area contributed by atoms with Gasteiger partial charge in [-0.25, -0.2) is 0 Å². The van der Waals surface area contributed by atoms with E-state index in [9.17, 15) is 4.79 Å². The number of H-pyrrole nitrogens is 1. The summed E-state index contributed by atoms with van der Waals surface area (Å²) in [4.78, 5) is 14.5. The molecule has 1 unspecified atom stereocenters. The average molecular weight is 389 g/mol. The zero-order valence-corrected chi connectivity index (χ0v) is 16.8. The average Bonchev–Trinajstić information content (AvgIpc) is 3.26. The molecule has 4 heteroatoms. The zero-order valence-electron chi connectivity index (χ0n) is 16.8. The lowest BCUT2D eigenvalue weighted by Crippen LogP contribution is -2.13. The molecule has 0 aliphatic heterocycles. The van der Waals surface area contributed by atoms with E-state index in [0.717, 1.165) is 41.9 Å². The Hall–Kier alpha value is -3.01. The summed E-state index contributed by atoms with van der Waals surface area (Å²) in [6.45, 7) is 0. The van der Waals surface area contributed by atoms with Gasteiger partial charge in [-0.1, -0.05) is 36.4 Å². The van der Waals surface area contributed by atoms with Crippen LogP contribution in [0.25, 0.3) is 0 Å². The minimum absolute atomic E-state index is 0.0747. The first kappa shape index (κ1) is 19.3. The van der Waals surface area contributed by atoms with Crippen molar-refractivity contribution < 1.29 is 9.47 Å². The Labute approximate surface area is 171 Å². The van der Waals surface area contributed by atoms with Crippen LogP contribution >= 0.6 is 0 Å². The summed E-state index contributed by atoms with van der Waals surface area (Å²) in [7, 11) is 1.68. The van der Waals surface area contributed by atoms with Gasteiger partial charge in [0.25, 0.3) is 0 Å². The summed E-state index contributed by atoms with van der Waals surface area (Å²) in [6.07, 6.45) is 7.36. The molecule has 29 heavy (non-hydrogen) atoms. The van der Waals surface area contributed by atoms with Crippen molar-refractivity contribution in [3.8, 4) is 11.5 Å². The van der Waals surface area contributed by atoms with E-state index in [1.165, 1.54) is 18.4 Å². The summed E-state index contributed by atoms with van der Waals surface area (Å²) >= 11 is 0. The predicted octanol–water partition coefficient (Wildman–Crippen LogP) is 5.08. The summed E-state index contributed by atoms with van der Waals surface area (Å²) in [5.74, 6) is 1.70. The molecule has 1 aromatic heterocycles. The number of nitrogens with one attached hydrogen (secondary N) is 1. The van der Waals surface area contributed by atoms with Gasteiger partial charge in [-0.05, 0) is 67.0 Å². The quantitative estimate of drug-likeness (QED) is 0.613. The molecule has 4 rings (SSSR count). The largest absolute Gasteiger partial charge is 0.493 e. The summed E-state index contributed by atoms with van der Waals surface area (Å²) in [6, 6.07) is 20.3. The van der Waals surface area contributed by atoms with Crippen molar-refractivity contribution in [2.45, 2.75) is 44.1 Å². The lowest BCUT2D eigenvalue weighted by atomic mass is 9.86. The molecule has 1 aliphatic rings. The van der Waals surface area contributed by atoms with Gasteiger partial charge in [-0.15, -0.1) is 0 Å². The number of aromatic amines is 1. The van der Waals surface area contributed by atoms with Crippen molar-refractivity contribution in [1.82, 2.24) is 4.98 Å². The molecule has 0 radical (unpaired) electrons. The number of ether oxygens (including phenoxy) is 2. The summed E-state index contributed by atoms with van der Waals surface area (Å²) in [5.41, 5.74) is 3.31. The molecule has 0 amide bonds. The molecule has 2 aromatic carbocycles. The molecule has 1 aliphatic carbocycles. The molecule has 0 bridgehead atoms. The normalized spacial score (nSPS) is 15.2. The van der Waals surface area contributed by atoms with Gasteiger partial charge >= 0.3 is 0 Å². The van der Waals surface area contributed by atoms with E-state index in [1.807, 2.05) is 18.2 Å². The fraction of sp³-hybridized carbons (Fsp3) is 0.320. The number of pyridine rings is 1. The van der Waals surface area contributed by atoms with Crippen molar-refractivity contribution in [3.05, 3.63) is 93.9 Å². The van der Waals surface area contributed by atoms with E-state index in [0.29, 0.717) is 0 Å².